The van der Waals surface area contributed by atoms with E-state index in [-0.39, 0.29) is 12.0 Å². The van der Waals surface area contributed by atoms with Crippen LogP contribution in [0, 0.1) is 6.92 Å². The van der Waals surface area contributed by atoms with Crippen molar-refractivity contribution in [3.8, 4) is 0 Å². The summed E-state index contributed by atoms with van der Waals surface area (Å²) in [4.78, 5) is 24.9. The number of rotatable bonds is 2. The molecule has 23 heavy (non-hydrogen) atoms. The quantitative estimate of drug-likeness (QED) is 0.831. The van der Waals surface area contributed by atoms with Gasteiger partial charge in [-0.05, 0) is 51.3 Å². The van der Waals surface area contributed by atoms with Crippen molar-refractivity contribution in [2.45, 2.75) is 50.7 Å². The number of carbonyl (C=O) groups excluding carboxylic acids is 2. The minimum atomic E-state index is -0.527. The summed E-state index contributed by atoms with van der Waals surface area (Å²) in [5, 5.41) is 2.93. The zero-order valence-electron chi connectivity index (χ0n) is 14.2. The van der Waals surface area contributed by atoms with E-state index in [1.807, 2.05) is 33.8 Å². The first-order chi connectivity index (χ1) is 10.7. The number of hydrogen-bond acceptors (Lipinski definition) is 5. The molecule has 1 amide bonds. The molecule has 0 radical (unpaired) electrons. The number of methoxy groups -OCH3 is 1. The summed E-state index contributed by atoms with van der Waals surface area (Å²) in [5.41, 5.74) is 1.96. The van der Waals surface area contributed by atoms with Gasteiger partial charge in [-0.2, -0.15) is 0 Å². The molecule has 1 aliphatic rings. The summed E-state index contributed by atoms with van der Waals surface area (Å²) in [6.45, 7) is 7.42. The molecule has 1 aromatic rings. The van der Waals surface area contributed by atoms with Crippen molar-refractivity contribution >= 4 is 23.8 Å². The van der Waals surface area contributed by atoms with Gasteiger partial charge in [0, 0.05) is 10.6 Å². The Labute approximate surface area is 141 Å². The summed E-state index contributed by atoms with van der Waals surface area (Å²) in [6, 6.07) is 3.55. The molecule has 0 spiro atoms. The second-order valence-corrected chi connectivity index (χ2v) is 7.59. The van der Waals surface area contributed by atoms with Crippen molar-refractivity contribution in [3.63, 3.8) is 0 Å². The predicted molar refractivity (Wildman–Crippen MR) is 90.0 cm³/mol. The normalized spacial score (nSPS) is 17.2. The molecular formula is C17H23NO4S. The molecule has 2 rings (SSSR count). The van der Waals surface area contributed by atoms with Gasteiger partial charge in [0.1, 0.15) is 5.60 Å². The molecule has 1 atom stereocenters. The molecule has 1 aliphatic heterocycles. The number of fused-ring (bicyclic) bond motifs is 1. The smallest absolute Gasteiger partial charge is 0.408 e. The van der Waals surface area contributed by atoms with Crippen LogP contribution < -0.4 is 5.32 Å². The molecule has 1 unspecified atom stereocenters. The maximum atomic E-state index is 12.0. The highest BCUT2D eigenvalue weighted by Gasteiger charge is 2.27. The van der Waals surface area contributed by atoms with Crippen molar-refractivity contribution in [3.05, 3.63) is 28.8 Å². The zero-order chi connectivity index (χ0) is 17.2. The monoisotopic (exact) mass is 337 g/mol. The third-order valence-corrected chi connectivity index (χ3v) is 4.83. The minimum absolute atomic E-state index is 0.105. The molecule has 0 fully saturated rings. The standard InChI is InChI=1S/C17H23NO4S/c1-10-11(15(19)21-5)6-7-12-13(8-9-23-14(10)12)18-16(20)22-17(2,3)4/h6-7,13H,8-9H2,1-5H3,(H,18,20). The summed E-state index contributed by atoms with van der Waals surface area (Å²) in [5.74, 6) is 0.534. The average Bonchev–Trinajstić information content (AvgIpc) is 2.45. The molecule has 0 saturated carbocycles. The van der Waals surface area contributed by atoms with Gasteiger partial charge in [0.15, 0.2) is 0 Å². The molecule has 6 heteroatoms. The Hall–Kier alpha value is -1.69. The van der Waals surface area contributed by atoms with E-state index in [1.54, 1.807) is 17.8 Å². The molecular weight excluding hydrogens is 314 g/mol. The highest BCUT2D eigenvalue weighted by Crippen LogP contribution is 2.39. The maximum Gasteiger partial charge on any atom is 0.408 e. The number of benzene rings is 1. The van der Waals surface area contributed by atoms with Crippen LogP contribution in [0.2, 0.25) is 0 Å². The lowest BCUT2D eigenvalue weighted by atomic mass is 9.98. The number of hydrogen-bond donors (Lipinski definition) is 1. The Morgan fingerprint density at radius 3 is 2.61 bits per heavy atom. The zero-order valence-corrected chi connectivity index (χ0v) is 15.0. The Morgan fingerprint density at radius 2 is 2.00 bits per heavy atom. The fourth-order valence-electron chi connectivity index (χ4n) is 2.54. The van der Waals surface area contributed by atoms with E-state index in [0.717, 1.165) is 28.2 Å². The Bertz CT molecular complexity index is 622. The van der Waals surface area contributed by atoms with Crippen LogP contribution in [0.1, 0.15) is 54.7 Å². The van der Waals surface area contributed by atoms with Crippen molar-refractivity contribution in [1.82, 2.24) is 5.32 Å². The predicted octanol–water partition coefficient (Wildman–Crippen LogP) is 3.84. The summed E-state index contributed by atoms with van der Waals surface area (Å²) in [7, 11) is 1.38. The number of thioether (sulfide) groups is 1. The van der Waals surface area contributed by atoms with E-state index < -0.39 is 11.7 Å². The van der Waals surface area contributed by atoms with Gasteiger partial charge >= 0.3 is 12.1 Å². The van der Waals surface area contributed by atoms with Crippen LogP contribution in [0.3, 0.4) is 0 Å². The van der Waals surface area contributed by atoms with Gasteiger partial charge in [-0.25, -0.2) is 9.59 Å². The van der Waals surface area contributed by atoms with Gasteiger partial charge in [-0.3, -0.25) is 0 Å². The maximum absolute atomic E-state index is 12.0. The topological polar surface area (TPSA) is 64.6 Å². The van der Waals surface area contributed by atoms with E-state index in [9.17, 15) is 9.59 Å². The van der Waals surface area contributed by atoms with Crippen LogP contribution >= 0.6 is 11.8 Å². The van der Waals surface area contributed by atoms with Gasteiger partial charge in [-0.15, -0.1) is 11.8 Å². The lowest BCUT2D eigenvalue weighted by Gasteiger charge is -2.29. The first-order valence-electron chi connectivity index (χ1n) is 7.57. The highest BCUT2D eigenvalue weighted by molar-refractivity contribution is 7.99. The molecule has 0 saturated heterocycles. The first kappa shape index (κ1) is 17.7. The largest absolute Gasteiger partial charge is 0.465 e. The molecule has 126 valence electrons. The van der Waals surface area contributed by atoms with Crippen LogP contribution in [-0.2, 0) is 9.47 Å². The van der Waals surface area contributed by atoms with E-state index in [2.05, 4.69) is 5.32 Å². The van der Waals surface area contributed by atoms with Crippen LogP contribution in [0.4, 0.5) is 4.79 Å². The average molecular weight is 337 g/mol. The van der Waals surface area contributed by atoms with Crippen molar-refractivity contribution in [1.29, 1.82) is 0 Å². The van der Waals surface area contributed by atoms with Gasteiger partial charge in [0.2, 0.25) is 0 Å². The van der Waals surface area contributed by atoms with E-state index in [1.165, 1.54) is 7.11 Å². The van der Waals surface area contributed by atoms with Gasteiger partial charge in [0.25, 0.3) is 0 Å². The van der Waals surface area contributed by atoms with Crippen LogP contribution in [-0.4, -0.2) is 30.5 Å². The fraction of sp³-hybridized carbons (Fsp3) is 0.529. The SMILES string of the molecule is COC(=O)c1ccc2c(c1C)SCCC2NC(=O)OC(C)(C)C. The molecule has 0 aromatic heterocycles. The second-order valence-electron chi connectivity index (χ2n) is 6.48. The number of alkyl carbamates (subject to hydrolysis) is 1. The lowest BCUT2D eigenvalue weighted by Crippen LogP contribution is -2.36. The molecule has 0 bridgehead atoms. The number of carbonyl (C=O) groups is 2. The third kappa shape index (κ3) is 4.19. The number of amides is 1. The first-order valence-corrected chi connectivity index (χ1v) is 8.55. The van der Waals surface area contributed by atoms with E-state index in [0.29, 0.717) is 5.56 Å². The highest BCUT2D eigenvalue weighted by atomic mass is 32.2. The lowest BCUT2D eigenvalue weighted by molar-refractivity contribution is 0.0499. The fourth-order valence-corrected chi connectivity index (χ4v) is 3.80. The Morgan fingerprint density at radius 1 is 1.30 bits per heavy atom. The molecule has 5 nitrogen and oxygen atoms in total. The number of nitrogens with one attached hydrogen (secondary N) is 1. The molecule has 1 N–H and O–H groups in total. The summed E-state index contributed by atoms with van der Waals surface area (Å²) < 4.78 is 10.2. The summed E-state index contributed by atoms with van der Waals surface area (Å²) in [6.07, 6.45) is 0.406. The number of esters is 1. The Kier molecular flexibility index (Phi) is 5.24. The van der Waals surface area contributed by atoms with Gasteiger partial charge < -0.3 is 14.8 Å². The van der Waals surface area contributed by atoms with Crippen molar-refractivity contribution in [2.24, 2.45) is 0 Å². The minimum Gasteiger partial charge on any atom is -0.465 e. The second kappa shape index (κ2) is 6.83. The summed E-state index contributed by atoms with van der Waals surface area (Å²) >= 11 is 1.70. The van der Waals surface area contributed by atoms with Crippen LogP contribution in [0.25, 0.3) is 0 Å². The third-order valence-electron chi connectivity index (χ3n) is 3.56. The van der Waals surface area contributed by atoms with Crippen LogP contribution in [0.15, 0.2) is 17.0 Å². The molecule has 1 aromatic carbocycles. The van der Waals surface area contributed by atoms with Crippen molar-refractivity contribution in [2.75, 3.05) is 12.9 Å². The van der Waals surface area contributed by atoms with E-state index >= 15 is 0 Å². The Balaban J connectivity index is 2.25. The van der Waals surface area contributed by atoms with Crippen molar-refractivity contribution < 1.29 is 19.1 Å². The van der Waals surface area contributed by atoms with Crippen LogP contribution in [0.5, 0.6) is 0 Å². The molecule has 1 heterocycles. The van der Waals surface area contributed by atoms with Gasteiger partial charge in [-0.1, -0.05) is 6.07 Å². The number of ether oxygens (including phenoxy) is 2. The molecule has 0 aliphatic carbocycles. The van der Waals surface area contributed by atoms with E-state index in [4.69, 9.17) is 9.47 Å². The van der Waals surface area contributed by atoms with Gasteiger partial charge in [0.05, 0.1) is 18.7 Å².